The van der Waals surface area contributed by atoms with Crippen LogP contribution in [0.2, 0.25) is 0 Å². The molecule has 1 heterocycles. The molecule has 0 aliphatic heterocycles. The Hall–Kier alpha value is -1.29. The molecule has 0 amide bonds. The normalized spacial score (nSPS) is 12.9. The van der Waals surface area contributed by atoms with E-state index in [0.29, 0.717) is 11.1 Å². The molecule has 0 saturated heterocycles. The Morgan fingerprint density at radius 3 is 2.93 bits per heavy atom. The van der Waals surface area contributed by atoms with Crippen LogP contribution in [0.25, 0.3) is 11.0 Å². The summed E-state index contributed by atoms with van der Waals surface area (Å²) in [6, 6.07) is 5.56. The molecule has 1 unspecified atom stereocenters. The van der Waals surface area contributed by atoms with E-state index in [9.17, 15) is 4.79 Å². The van der Waals surface area contributed by atoms with Gasteiger partial charge >= 0.3 is 5.97 Å². The Bertz CT molecular complexity index is 516. The molecule has 0 aliphatic rings. The topological polar surface area (TPSA) is 50.4 Å². The molecule has 0 radical (unpaired) electrons. The summed E-state index contributed by atoms with van der Waals surface area (Å²) in [7, 11) is 0. The third-order valence-electron chi connectivity index (χ3n) is 2.40. The van der Waals surface area contributed by atoms with Gasteiger partial charge in [-0.25, -0.2) is 0 Å². The third-order valence-corrected chi connectivity index (χ3v) is 2.90. The van der Waals surface area contributed by atoms with Crippen LogP contribution in [0.5, 0.6) is 0 Å². The van der Waals surface area contributed by atoms with Crippen LogP contribution >= 0.6 is 15.9 Å². The summed E-state index contributed by atoms with van der Waals surface area (Å²) in [6.45, 7) is 1.65. The van der Waals surface area contributed by atoms with Crippen molar-refractivity contribution >= 4 is 32.9 Å². The molecule has 1 aromatic carbocycles. The smallest absolute Gasteiger partial charge is 0.310 e. The van der Waals surface area contributed by atoms with E-state index in [-0.39, 0.29) is 0 Å². The highest BCUT2D eigenvalue weighted by atomic mass is 79.9. The standard InChI is InChI=1S/C11H9BrO3/c1-6(11(13)14)9-5-15-10-4-7(12)2-3-8(9)10/h2-6H,1H3,(H,13,14). The van der Waals surface area contributed by atoms with Gasteiger partial charge in [0.05, 0.1) is 12.2 Å². The first-order valence-corrected chi connectivity index (χ1v) is 5.28. The molecule has 1 N–H and O–H groups in total. The lowest BCUT2D eigenvalue weighted by atomic mass is 10.0. The van der Waals surface area contributed by atoms with Crippen molar-refractivity contribution < 1.29 is 14.3 Å². The van der Waals surface area contributed by atoms with E-state index in [1.54, 1.807) is 6.92 Å². The first-order chi connectivity index (χ1) is 7.09. The van der Waals surface area contributed by atoms with Crippen LogP contribution in [0.3, 0.4) is 0 Å². The number of hydrogen-bond acceptors (Lipinski definition) is 2. The van der Waals surface area contributed by atoms with Crippen molar-refractivity contribution in [1.29, 1.82) is 0 Å². The summed E-state index contributed by atoms with van der Waals surface area (Å²) in [5.74, 6) is -1.40. The SMILES string of the molecule is CC(C(=O)O)c1coc2cc(Br)ccc12. The summed E-state index contributed by atoms with van der Waals surface area (Å²) in [5.41, 5.74) is 1.41. The summed E-state index contributed by atoms with van der Waals surface area (Å²) in [6.07, 6.45) is 1.51. The van der Waals surface area contributed by atoms with Crippen molar-refractivity contribution in [2.45, 2.75) is 12.8 Å². The minimum Gasteiger partial charge on any atom is -0.481 e. The van der Waals surface area contributed by atoms with Gasteiger partial charge in [-0.3, -0.25) is 4.79 Å². The van der Waals surface area contributed by atoms with E-state index in [0.717, 1.165) is 9.86 Å². The van der Waals surface area contributed by atoms with Gasteiger partial charge in [0.15, 0.2) is 0 Å². The Balaban J connectivity index is 2.59. The average molecular weight is 269 g/mol. The van der Waals surface area contributed by atoms with Gasteiger partial charge in [0.2, 0.25) is 0 Å². The molecule has 0 fully saturated rings. The average Bonchev–Trinajstić information content (AvgIpc) is 2.59. The molecule has 1 atom stereocenters. The van der Waals surface area contributed by atoms with Gasteiger partial charge in [-0.05, 0) is 25.1 Å². The Kier molecular flexibility index (Phi) is 2.52. The molecule has 2 aromatic rings. The minimum atomic E-state index is -0.847. The van der Waals surface area contributed by atoms with E-state index in [4.69, 9.17) is 9.52 Å². The third kappa shape index (κ3) is 1.77. The predicted octanol–water partition coefficient (Wildman–Crippen LogP) is 3.38. The maximum absolute atomic E-state index is 10.9. The highest BCUT2D eigenvalue weighted by Crippen LogP contribution is 2.29. The van der Waals surface area contributed by atoms with Gasteiger partial charge in [0, 0.05) is 15.4 Å². The van der Waals surface area contributed by atoms with Crippen molar-refractivity contribution in [2.24, 2.45) is 0 Å². The molecular weight excluding hydrogens is 260 g/mol. The first-order valence-electron chi connectivity index (χ1n) is 4.49. The molecule has 0 saturated carbocycles. The minimum absolute atomic E-state index is 0.549. The van der Waals surface area contributed by atoms with Crippen LogP contribution in [0, 0.1) is 0 Å². The maximum Gasteiger partial charge on any atom is 0.310 e. The van der Waals surface area contributed by atoms with Crippen molar-refractivity contribution in [2.75, 3.05) is 0 Å². The second kappa shape index (κ2) is 3.70. The van der Waals surface area contributed by atoms with Crippen molar-refractivity contribution in [1.82, 2.24) is 0 Å². The van der Waals surface area contributed by atoms with Crippen LogP contribution in [0.1, 0.15) is 18.4 Å². The van der Waals surface area contributed by atoms with E-state index >= 15 is 0 Å². The fourth-order valence-electron chi connectivity index (χ4n) is 1.49. The number of rotatable bonds is 2. The molecule has 2 rings (SSSR count). The molecule has 78 valence electrons. The highest BCUT2D eigenvalue weighted by Gasteiger charge is 2.18. The van der Waals surface area contributed by atoms with Crippen LogP contribution in [0.4, 0.5) is 0 Å². The van der Waals surface area contributed by atoms with Gasteiger partial charge in [-0.2, -0.15) is 0 Å². The van der Waals surface area contributed by atoms with Crippen LogP contribution in [-0.2, 0) is 4.79 Å². The monoisotopic (exact) mass is 268 g/mol. The highest BCUT2D eigenvalue weighted by molar-refractivity contribution is 9.10. The number of carbonyl (C=O) groups is 1. The van der Waals surface area contributed by atoms with Crippen molar-refractivity contribution in [3.8, 4) is 0 Å². The quantitative estimate of drug-likeness (QED) is 0.909. The number of aliphatic carboxylic acids is 1. The number of benzene rings is 1. The summed E-state index contributed by atoms with van der Waals surface area (Å²) in [4.78, 5) is 10.9. The first kappa shape index (κ1) is 10.2. The molecule has 3 nitrogen and oxygen atoms in total. The van der Waals surface area contributed by atoms with Gasteiger partial charge in [-0.15, -0.1) is 0 Å². The number of hydrogen-bond donors (Lipinski definition) is 1. The number of fused-ring (bicyclic) bond motifs is 1. The second-order valence-electron chi connectivity index (χ2n) is 3.39. The van der Waals surface area contributed by atoms with Gasteiger partial charge in [0.1, 0.15) is 5.58 Å². The summed E-state index contributed by atoms with van der Waals surface area (Å²) < 4.78 is 6.22. The van der Waals surface area contributed by atoms with E-state index in [2.05, 4.69) is 15.9 Å². The number of carboxylic acids is 1. The van der Waals surface area contributed by atoms with Gasteiger partial charge in [-0.1, -0.05) is 15.9 Å². The summed E-state index contributed by atoms with van der Waals surface area (Å²) >= 11 is 3.33. The molecule has 0 spiro atoms. The Labute approximate surface area is 94.8 Å². The van der Waals surface area contributed by atoms with Crippen LogP contribution in [-0.4, -0.2) is 11.1 Å². The van der Waals surface area contributed by atoms with Crippen LogP contribution < -0.4 is 0 Å². The molecule has 15 heavy (non-hydrogen) atoms. The lowest BCUT2D eigenvalue weighted by Gasteiger charge is -2.02. The Morgan fingerprint density at radius 2 is 2.27 bits per heavy atom. The number of furan rings is 1. The zero-order chi connectivity index (χ0) is 11.0. The fraction of sp³-hybridized carbons (Fsp3) is 0.182. The molecule has 0 bridgehead atoms. The lowest BCUT2D eigenvalue weighted by molar-refractivity contribution is -0.138. The number of carboxylic acid groups (broad SMARTS) is 1. The van der Waals surface area contributed by atoms with E-state index in [1.807, 2.05) is 18.2 Å². The molecule has 1 aromatic heterocycles. The number of halogens is 1. The predicted molar refractivity (Wildman–Crippen MR) is 60.0 cm³/mol. The maximum atomic E-state index is 10.9. The lowest BCUT2D eigenvalue weighted by Crippen LogP contribution is -2.06. The van der Waals surface area contributed by atoms with E-state index < -0.39 is 11.9 Å². The summed E-state index contributed by atoms with van der Waals surface area (Å²) in [5, 5.41) is 9.77. The Morgan fingerprint density at radius 1 is 1.53 bits per heavy atom. The van der Waals surface area contributed by atoms with Crippen molar-refractivity contribution in [3.63, 3.8) is 0 Å². The van der Waals surface area contributed by atoms with E-state index in [1.165, 1.54) is 6.26 Å². The fourth-order valence-corrected chi connectivity index (χ4v) is 1.83. The van der Waals surface area contributed by atoms with Crippen LogP contribution in [0.15, 0.2) is 33.4 Å². The molecular formula is C11H9BrO3. The molecule has 0 aliphatic carbocycles. The zero-order valence-electron chi connectivity index (χ0n) is 8.03. The van der Waals surface area contributed by atoms with Gasteiger partial charge < -0.3 is 9.52 Å². The molecule has 4 heteroatoms. The largest absolute Gasteiger partial charge is 0.481 e. The zero-order valence-corrected chi connectivity index (χ0v) is 9.61. The second-order valence-corrected chi connectivity index (χ2v) is 4.31. The van der Waals surface area contributed by atoms with Gasteiger partial charge in [0.25, 0.3) is 0 Å². The van der Waals surface area contributed by atoms with Crippen molar-refractivity contribution in [3.05, 3.63) is 34.5 Å².